The van der Waals surface area contributed by atoms with Crippen molar-refractivity contribution >= 4 is 29.0 Å². The van der Waals surface area contributed by atoms with Crippen LogP contribution in [0.1, 0.15) is 13.8 Å². The van der Waals surface area contributed by atoms with Crippen molar-refractivity contribution in [2.45, 2.75) is 19.0 Å². The molecule has 4 rings (SSSR count). The quantitative estimate of drug-likeness (QED) is 0.360. The van der Waals surface area contributed by atoms with Gasteiger partial charge in [-0.1, -0.05) is 30.0 Å². The van der Waals surface area contributed by atoms with Gasteiger partial charge in [0.2, 0.25) is 11.7 Å². The summed E-state index contributed by atoms with van der Waals surface area (Å²) in [6, 6.07) is 21.3. The van der Waals surface area contributed by atoms with Crippen LogP contribution in [0, 0.1) is 0 Å². The maximum absolute atomic E-state index is 12.6. The Bertz CT molecular complexity index is 1140. The highest BCUT2D eigenvalue weighted by Crippen LogP contribution is 2.28. The van der Waals surface area contributed by atoms with Gasteiger partial charge in [-0.25, -0.2) is 0 Å². The normalized spacial score (nSPS) is 10.8. The molecule has 0 fully saturated rings. The van der Waals surface area contributed by atoms with Crippen molar-refractivity contribution in [1.29, 1.82) is 0 Å². The molecule has 8 heteroatoms. The van der Waals surface area contributed by atoms with E-state index < -0.39 is 0 Å². The largest absolute Gasteiger partial charge is 0.461 e. The molecular weight excluding hydrogens is 422 g/mol. The molecule has 0 aliphatic heterocycles. The molecule has 0 saturated carbocycles. The number of anilines is 2. The fraction of sp³-hybridized carbons (Fsp3) is 0.208. The number of nitrogens with zero attached hydrogens (tertiary/aromatic N) is 4. The van der Waals surface area contributed by atoms with Gasteiger partial charge in [-0.2, -0.15) is 0 Å². The number of rotatable bonds is 9. The van der Waals surface area contributed by atoms with Crippen LogP contribution in [0.3, 0.4) is 0 Å². The van der Waals surface area contributed by atoms with Gasteiger partial charge in [-0.15, -0.1) is 10.2 Å². The Kier molecular flexibility index (Phi) is 6.91. The highest BCUT2D eigenvalue weighted by atomic mass is 32.2. The van der Waals surface area contributed by atoms with Gasteiger partial charge in [0.1, 0.15) is 0 Å². The zero-order valence-electron chi connectivity index (χ0n) is 18.1. The SMILES string of the molecule is CCN(CC)c1ccc(NC(=O)CSc2nnc(-c3ccco3)n2-c2ccccc2)cc1. The second-order valence-electron chi connectivity index (χ2n) is 7.01. The number of carbonyl (C=O) groups is 1. The molecule has 0 aliphatic carbocycles. The average molecular weight is 448 g/mol. The lowest BCUT2D eigenvalue weighted by molar-refractivity contribution is -0.113. The van der Waals surface area contributed by atoms with E-state index in [9.17, 15) is 4.79 Å². The Labute approximate surface area is 191 Å². The summed E-state index contributed by atoms with van der Waals surface area (Å²) in [4.78, 5) is 14.8. The fourth-order valence-corrected chi connectivity index (χ4v) is 4.16. The van der Waals surface area contributed by atoms with E-state index in [1.54, 1.807) is 6.26 Å². The van der Waals surface area contributed by atoms with E-state index >= 15 is 0 Å². The maximum atomic E-state index is 12.6. The van der Waals surface area contributed by atoms with E-state index in [0.29, 0.717) is 16.7 Å². The summed E-state index contributed by atoms with van der Waals surface area (Å²) >= 11 is 1.33. The summed E-state index contributed by atoms with van der Waals surface area (Å²) < 4.78 is 7.43. The van der Waals surface area contributed by atoms with Gasteiger partial charge < -0.3 is 14.6 Å². The smallest absolute Gasteiger partial charge is 0.234 e. The van der Waals surface area contributed by atoms with Gasteiger partial charge in [-0.3, -0.25) is 9.36 Å². The van der Waals surface area contributed by atoms with Crippen molar-refractivity contribution in [3.8, 4) is 17.3 Å². The first-order chi connectivity index (χ1) is 15.7. The van der Waals surface area contributed by atoms with Crippen molar-refractivity contribution < 1.29 is 9.21 Å². The summed E-state index contributed by atoms with van der Waals surface area (Å²) in [6.07, 6.45) is 1.60. The highest BCUT2D eigenvalue weighted by molar-refractivity contribution is 7.99. The van der Waals surface area contributed by atoms with E-state index in [1.807, 2.05) is 71.3 Å². The number of benzene rings is 2. The van der Waals surface area contributed by atoms with Crippen LogP contribution < -0.4 is 10.2 Å². The topological polar surface area (TPSA) is 76.2 Å². The Balaban J connectivity index is 1.46. The molecular formula is C24H25N5O2S. The first kappa shape index (κ1) is 21.7. The van der Waals surface area contributed by atoms with Crippen LogP contribution in [0.5, 0.6) is 0 Å². The highest BCUT2D eigenvalue weighted by Gasteiger charge is 2.18. The van der Waals surface area contributed by atoms with Crippen LogP contribution >= 0.6 is 11.8 Å². The van der Waals surface area contributed by atoms with Crippen LogP contribution in [0.4, 0.5) is 11.4 Å². The molecule has 0 radical (unpaired) electrons. The minimum Gasteiger partial charge on any atom is -0.461 e. The first-order valence-corrected chi connectivity index (χ1v) is 11.5. The predicted octanol–water partition coefficient (Wildman–Crippen LogP) is 5.10. The van der Waals surface area contributed by atoms with Crippen LogP contribution in [-0.4, -0.2) is 39.5 Å². The second kappa shape index (κ2) is 10.2. The first-order valence-electron chi connectivity index (χ1n) is 10.5. The average Bonchev–Trinajstić information content (AvgIpc) is 3.50. The zero-order chi connectivity index (χ0) is 22.3. The number of hydrogen-bond donors (Lipinski definition) is 1. The molecule has 1 amide bonds. The fourth-order valence-electron chi connectivity index (χ4n) is 3.41. The molecule has 2 aromatic carbocycles. The Morgan fingerprint density at radius 2 is 1.75 bits per heavy atom. The molecule has 0 spiro atoms. The summed E-state index contributed by atoms with van der Waals surface area (Å²) in [5.41, 5.74) is 2.81. The molecule has 1 N–H and O–H groups in total. The number of carbonyl (C=O) groups excluding carboxylic acids is 1. The van der Waals surface area contributed by atoms with Crippen LogP contribution in [0.25, 0.3) is 17.3 Å². The molecule has 7 nitrogen and oxygen atoms in total. The lowest BCUT2D eigenvalue weighted by Crippen LogP contribution is -2.21. The molecule has 164 valence electrons. The minimum atomic E-state index is -0.104. The van der Waals surface area contributed by atoms with Gasteiger partial charge in [0.15, 0.2) is 10.9 Å². The van der Waals surface area contributed by atoms with Gasteiger partial charge in [0.05, 0.1) is 12.0 Å². The van der Waals surface area contributed by atoms with Gasteiger partial charge in [0.25, 0.3) is 0 Å². The van der Waals surface area contributed by atoms with E-state index in [0.717, 1.165) is 30.2 Å². The molecule has 2 aromatic heterocycles. The summed E-state index contributed by atoms with van der Waals surface area (Å²) in [5.74, 6) is 1.32. The monoisotopic (exact) mass is 447 g/mol. The number of furan rings is 1. The molecule has 4 aromatic rings. The summed E-state index contributed by atoms with van der Waals surface area (Å²) in [7, 11) is 0. The number of hydrogen-bond acceptors (Lipinski definition) is 6. The van der Waals surface area contributed by atoms with Crippen LogP contribution in [0.2, 0.25) is 0 Å². The van der Waals surface area contributed by atoms with Gasteiger partial charge in [-0.05, 0) is 62.4 Å². The maximum Gasteiger partial charge on any atom is 0.234 e. The molecule has 0 aliphatic rings. The molecule has 0 unspecified atom stereocenters. The molecule has 0 saturated heterocycles. The van der Waals surface area contributed by atoms with Crippen molar-refractivity contribution in [2.75, 3.05) is 29.1 Å². The van der Waals surface area contributed by atoms with E-state index in [4.69, 9.17) is 4.42 Å². The van der Waals surface area contributed by atoms with E-state index in [2.05, 4.69) is 34.3 Å². The molecule has 32 heavy (non-hydrogen) atoms. The van der Waals surface area contributed by atoms with E-state index in [-0.39, 0.29) is 11.7 Å². The van der Waals surface area contributed by atoms with Crippen molar-refractivity contribution in [3.05, 3.63) is 73.0 Å². The third-order valence-corrected chi connectivity index (χ3v) is 5.93. The lowest BCUT2D eigenvalue weighted by Gasteiger charge is -2.21. The van der Waals surface area contributed by atoms with E-state index in [1.165, 1.54) is 11.8 Å². The van der Waals surface area contributed by atoms with Crippen LogP contribution in [0.15, 0.2) is 82.6 Å². The van der Waals surface area contributed by atoms with Gasteiger partial charge in [0, 0.05) is 30.2 Å². The van der Waals surface area contributed by atoms with Crippen molar-refractivity contribution in [1.82, 2.24) is 14.8 Å². The second-order valence-corrected chi connectivity index (χ2v) is 7.95. The molecule has 0 atom stereocenters. The van der Waals surface area contributed by atoms with Crippen LogP contribution in [-0.2, 0) is 4.79 Å². The summed E-state index contributed by atoms with van der Waals surface area (Å²) in [6.45, 7) is 6.14. The third-order valence-electron chi connectivity index (χ3n) is 5.00. The minimum absolute atomic E-state index is 0.104. The third kappa shape index (κ3) is 4.86. The number of aromatic nitrogens is 3. The van der Waals surface area contributed by atoms with Crippen molar-refractivity contribution in [3.63, 3.8) is 0 Å². The number of para-hydroxylation sites is 1. The molecule has 0 bridgehead atoms. The number of thioether (sulfide) groups is 1. The zero-order valence-corrected chi connectivity index (χ0v) is 18.9. The van der Waals surface area contributed by atoms with Gasteiger partial charge >= 0.3 is 0 Å². The number of nitrogens with one attached hydrogen (secondary N) is 1. The lowest BCUT2D eigenvalue weighted by atomic mass is 10.2. The Morgan fingerprint density at radius 1 is 1.00 bits per heavy atom. The Hall–Kier alpha value is -3.52. The number of amides is 1. The standard InChI is InChI=1S/C24H25N5O2S/c1-3-28(4-2)19-14-12-18(13-15-19)25-22(30)17-32-24-27-26-23(21-11-8-16-31-21)29(24)20-9-6-5-7-10-20/h5-16H,3-4,17H2,1-2H3,(H,25,30). The summed E-state index contributed by atoms with van der Waals surface area (Å²) in [5, 5.41) is 12.2. The Morgan fingerprint density at radius 3 is 2.41 bits per heavy atom. The molecule has 2 heterocycles. The predicted molar refractivity (Wildman–Crippen MR) is 128 cm³/mol. The van der Waals surface area contributed by atoms with Crippen molar-refractivity contribution in [2.24, 2.45) is 0 Å².